The molecule has 1 amide bonds. The lowest BCUT2D eigenvalue weighted by molar-refractivity contribution is 0.0924. The van der Waals surface area contributed by atoms with Crippen LogP contribution in [0.25, 0.3) is 16.8 Å². The first-order valence-electron chi connectivity index (χ1n) is 11.4. The quantitative estimate of drug-likeness (QED) is 0.446. The molecule has 3 heterocycles. The van der Waals surface area contributed by atoms with Gasteiger partial charge in [-0.3, -0.25) is 4.79 Å². The summed E-state index contributed by atoms with van der Waals surface area (Å²) in [6.07, 6.45) is 2.08. The third-order valence-corrected chi connectivity index (χ3v) is 6.25. The van der Waals surface area contributed by atoms with Gasteiger partial charge in [-0.25, -0.2) is 13.8 Å². The van der Waals surface area contributed by atoms with Gasteiger partial charge in [0.05, 0.1) is 31.0 Å². The number of hydrogen-bond donors (Lipinski definition) is 1. The summed E-state index contributed by atoms with van der Waals surface area (Å²) < 4.78 is 41.3. The predicted molar refractivity (Wildman–Crippen MR) is 131 cm³/mol. The number of hydrogen-bond acceptors (Lipinski definition) is 6. The minimum atomic E-state index is -0.844. The van der Waals surface area contributed by atoms with Crippen molar-refractivity contribution in [1.29, 1.82) is 0 Å². The van der Waals surface area contributed by atoms with E-state index in [-0.39, 0.29) is 17.5 Å². The van der Waals surface area contributed by atoms with E-state index in [1.807, 2.05) is 24.3 Å². The molecule has 0 saturated heterocycles. The minimum Gasteiger partial charge on any atom is -0.493 e. The summed E-state index contributed by atoms with van der Waals surface area (Å²) in [6, 6.07) is 9.86. The second-order valence-electron chi connectivity index (χ2n) is 8.73. The van der Waals surface area contributed by atoms with Crippen molar-refractivity contribution in [2.45, 2.75) is 19.4 Å². The SMILES string of the molecule is COc1c(F)ccc(-c2c(C)nn3c(N(C)C)c(C(=O)N[C@H]4CCOc5ccccc54)cnc23)c1F. The van der Waals surface area contributed by atoms with Crippen LogP contribution >= 0.6 is 0 Å². The summed E-state index contributed by atoms with van der Waals surface area (Å²) in [5.74, 6) is -1.22. The van der Waals surface area contributed by atoms with Crippen molar-refractivity contribution in [3.8, 4) is 22.6 Å². The van der Waals surface area contributed by atoms with Gasteiger partial charge in [-0.05, 0) is 25.1 Å². The first kappa shape index (κ1) is 23.5. The van der Waals surface area contributed by atoms with Crippen molar-refractivity contribution in [1.82, 2.24) is 19.9 Å². The minimum absolute atomic E-state index is 0.106. The fraction of sp³-hybridized carbons (Fsp3) is 0.269. The van der Waals surface area contributed by atoms with Gasteiger partial charge >= 0.3 is 0 Å². The number of methoxy groups -OCH3 is 1. The normalized spacial score (nSPS) is 14.8. The molecule has 186 valence electrons. The van der Waals surface area contributed by atoms with Crippen LogP contribution in [0.1, 0.15) is 34.1 Å². The molecule has 0 radical (unpaired) electrons. The Balaban J connectivity index is 1.59. The van der Waals surface area contributed by atoms with Gasteiger partial charge in [0, 0.05) is 37.8 Å². The molecule has 0 unspecified atom stereocenters. The summed E-state index contributed by atoms with van der Waals surface area (Å²) in [7, 11) is 4.78. The summed E-state index contributed by atoms with van der Waals surface area (Å²) in [5, 5.41) is 7.66. The molecule has 0 aliphatic carbocycles. The molecule has 36 heavy (non-hydrogen) atoms. The van der Waals surface area contributed by atoms with E-state index in [1.54, 1.807) is 25.9 Å². The van der Waals surface area contributed by atoms with Crippen molar-refractivity contribution in [3.63, 3.8) is 0 Å². The molecule has 2 aromatic carbocycles. The fourth-order valence-electron chi connectivity index (χ4n) is 4.63. The van der Waals surface area contributed by atoms with Crippen LogP contribution in [0.2, 0.25) is 0 Å². The van der Waals surface area contributed by atoms with Crippen LogP contribution < -0.4 is 19.7 Å². The Hall–Kier alpha value is -4.21. The molecule has 0 fully saturated rings. The second kappa shape index (κ2) is 9.10. The number of ether oxygens (including phenoxy) is 2. The third kappa shape index (κ3) is 3.78. The van der Waals surface area contributed by atoms with Crippen LogP contribution in [0.15, 0.2) is 42.6 Å². The highest BCUT2D eigenvalue weighted by atomic mass is 19.1. The Bertz CT molecular complexity index is 1480. The van der Waals surface area contributed by atoms with Crippen LogP contribution in [0.5, 0.6) is 11.5 Å². The van der Waals surface area contributed by atoms with Crippen LogP contribution in [0, 0.1) is 18.6 Å². The Labute approximate surface area is 206 Å². The second-order valence-corrected chi connectivity index (χ2v) is 8.73. The lowest BCUT2D eigenvalue weighted by Crippen LogP contribution is -2.33. The number of halogens is 2. The molecule has 1 aliphatic rings. The number of para-hydroxylation sites is 1. The van der Waals surface area contributed by atoms with Crippen LogP contribution in [0.4, 0.5) is 14.6 Å². The van der Waals surface area contributed by atoms with E-state index in [2.05, 4.69) is 15.4 Å². The summed E-state index contributed by atoms with van der Waals surface area (Å²) >= 11 is 0. The Morgan fingerprint density at radius 3 is 2.75 bits per heavy atom. The van der Waals surface area contributed by atoms with E-state index in [1.165, 1.54) is 23.9 Å². The lowest BCUT2D eigenvalue weighted by atomic mass is 10.0. The van der Waals surface area contributed by atoms with Crippen LogP contribution in [-0.4, -0.2) is 48.3 Å². The monoisotopic (exact) mass is 493 g/mol. The van der Waals surface area contributed by atoms with Crippen molar-refractivity contribution >= 4 is 17.4 Å². The zero-order chi connectivity index (χ0) is 25.6. The number of aryl methyl sites for hydroxylation is 1. The molecule has 0 bridgehead atoms. The van der Waals surface area contributed by atoms with Crippen LogP contribution in [-0.2, 0) is 0 Å². The molecule has 1 aliphatic heterocycles. The Kier molecular flexibility index (Phi) is 5.95. The number of fused-ring (bicyclic) bond motifs is 2. The summed E-state index contributed by atoms with van der Waals surface area (Å²) in [5.41, 5.74) is 2.51. The topological polar surface area (TPSA) is 81.0 Å². The number of anilines is 1. The van der Waals surface area contributed by atoms with Gasteiger partial charge in [0.2, 0.25) is 0 Å². The summed E-state index contributed by atoms with van der Waals surface area (Å²) in [4.78, 5) is 19.7. The maximum absolute atomic E-state index is 15.1. The molecule has 1 N–H and O–H groups in total. The standard InChI is InChI=1S/C26H25F2N5O3/c1-14-21(16-9-10-18(27)23(35-4)22(16)28)24-29-13-17(26(32(2)3)33(24)31-14)25(34)30-19-11-12-36-20-8-6-5-7-15(19)20/h5-10,13,19H,11-12H2,1-4H3,(H,30,34)/t19-/m0/s1. The third-order valence-electron chi connectivity index (χ3n) is 6.25. The van der Waals surface area contributed by atoms with Crippen LogP contribution in [0.3, 0.4) is 0 Å². The van der Waals surface area contributed by atoms with E-state index >= 15 is 4.39 Å². The maximum Gasteiger partial charge on any atom is 0.257 e. The van der Waals surface area contributed by atoms with Gasteiger partial charge in [0.1, 0.15) is 17.1 Å². The predicted octanol–water partition coefficient (Wildman–Crippen LogP) is 4.31. The zero-order valence-corrected chi connectivity index (χ0v) is 20.3. The highest BCUT2D eigenvalue weighted by molar-refractivity contribution is 6.00. The molecule has 0 saturated carbocycles. The number of aromatic nitrogens is 3. The average molecular weight is 494 g/mol. The number of nitrogens with zero attached hydrogens (tertiary/aromatic N) is 4. The number of amides is 1. The molecular formula is C26H25F2N5O3. The van der Waals surface area contributed by atoms with Gasteiger partial charge in [0.25, 0.3) is 5.91 Å². The number of benzene rings is 2. The maximum atomic E-state index is 15.1. The molecule has 0 spiro atoms. The molecular weight excluding hydrogens is 468 g/mol. The number of carbonyl (C=O) groups excluding carboxylic acids is 1. The molecule has 10 heteroatoms. The average Bonchev–Trinajstić information content (AvgIpc) is 3.19. The lowest BCUT2D eigenvalue weighted by Gasteiger charge is -2.27. The van der Waals surface area contributed by atoms with E-state index in [0.717, 1.165) is 17.4 Å². The fourth-order valence-corrected chi connectivity index (χ4v) is 4.63. The van der Waals surface area contributed by atoms with E-state index < -0.39 is 17.4 Å². The first-order chi connectivity index (χ1) is 17.3. The van der Waals surface area contributed by atoms with Crippen molar-refractivity contribution in [2.24, 2.45) is 0 Å². The summed E-state index contributed by atoms with van der Waals surface area (Å²) in [6.45, 7) is 2.20. The van der Waals surface area contributed by atoms with Gasteiger partial charge in [-0.1, -0.05) is 18.2 Å². The van der Waals surface area contributed by atoms with Gasteiger partial charge in [0.15, 0.2) is 23.0 Å². The zero-order valence-electron chi connectivity index (χ0n) is 20.3. The molecule has 5 rings (SSSR count). The molecule has 8 nitrogen and oxygen atoms in total. The van der Waals surface area contributed by atoms with Crippen molar-refractivity contribution in [2.75, 3.05) is 32.7 Å². The highest BCUT2D eigenvalue weighted by Gasteiger charge is 2.28. The first-order valence-corrected chi connectivity index (χ1v) is 11.4. The molecule has 4 aromatic rings. The van der Waals surface area contributed by atoms with Crippen molar-refractivity contribution in [3.05, 3.63) is 71.1 Å². The Morgan fingerprint density at radius 2 is 2.00 bits per heavy atom. The van der Waals surface area contributed by atoms with Gasteiger partial charge in [-0.2, -0.15) is 9.61 Å². The number of carbonyl (C=O) groups is 1. The molecule has 1 atom stereocenters. The Morgan fingerprint density at radius 1 is 1.22 bits per heavy atom. The van der Waals surface area contributed by atoms with Gasteiger partial charge < -0.3 is 19.7 Å². The number of nitrogens with one attached hydrogen (secondary N) is 1. The smallest absolute Gasteiger partial charge is 0.257 e. The van der Waals surface area contributed by atoms with E-state index in [4.69, 9.17) is 9.47 Å². The molecule has 2 aromatic heterocycles. The number of rotatable bonds is 5. The largest absolute Gasteiger partial charge is 0.493 e. The van der Waals surface area contributed by atoms with E-state index in [9.17, 15) is 9.18 Å². The highest BCUT2D eigenvalue weighted by Crippen LogP contribution is 2.37. The van der Waals surface area contributed by atoms with Gasteiger partial charge in [-0.15, -0.1) is 0 Å². The van der Waals surface area contributed by atoms with Crippen molar-refractivity contribution < 1.29 is 23.0 Å². The van der Waals surface area contributed by atoms with E-state index in [0.29, 0.717) is 41.3 Å².